The molecule has 0 unspecified atom stereocenters. The van der Waals surface area contributed by atoms with Gasteiger partial charge >= 0.3 is 0 Å². The lowest BCUT2D eigenvalue weighted by molar-refractivity contribution is -0.137. The average molecular weight is 612 g/mol. The van der Waals surface area contributed by atoms with Crippen LogP contribution in [0.2, 0.25) is 0 Å². The first-order valence-electron chi connectivity index (χ1n) is 14.8. The molecule has 0 spiro atoms. The molecule has 4 aromatic carbocycles. The summed E-state index contributed by atoms with van der Waals surface area (Å²) in [6.07, 6.45) is 3.12. The molecule has 4 aromatic rings. The molecule has 1 aliphatic heterocycles. The van der Waals surface area contributed by atoms with Crippen LogP contribution < -0.4 is 15.8 Å². The van der Waals surface area contributed by atoms with E-state index in [0.717, 1.165) is 41.2 Å². The highest BCUT2D eigenvalue weighted by Crippen LogP contribution is 2.20. The van der Waals surface area contributed by atoms with Crippen LogP contribution in [0.5, 0.6) is 0 Å². The lowest BCUT2D eigenvalue weighted by Gasteiger charge is -2.31. The molecule has 2 atom stereocenters. The van der Waals surface area contributed by atoms with E-state index in [1.54, 1.807) is 41.3 Å². The van der Waals surface area contributed by atoms with E-state index in [9.17, 15) is 18.0 Å². The Morgan fingerprint density at radius 1 is 0.773 bits per heavy atom. The number of likely N-dealkylation sites (tertiary alicyclic amines) is 1. The highest BCUT2D eigenvalue weighted by molar-refractivity contribution is 7.89. The van der Waals surface area contributed by atoms with Crippen LogP contribution in [0.4, 0.5) is 0 Å². The molecule has 228 valence electrons. The van der Waals surface area contributed by atoms with Crippen molar-refractivity contribution in [1.82, 2.24) is 14.9 Å². The van der Waals surface area contributed by atoms with Gasteiger partial charge in [-0.3, -0.25) is 15.0 Å². The zero-order valence-corrected chi connectivity index (χ0v) is 25.2. The molecule has 2 amide bonds. The molecule has 9 nitrogen and oxygen atoms in total. The quantitative estimate of drug-likeness (QED) is 0.151. The standard InChI is InChI=1S/C34H37N5O4S/c35-32(36)27-15-13-25(14-16-27)22-31(34(41)39-19-7-2-8-20-39)37-33(40)30(21-24-9-3-1-4-10-24)38-44(42,43)29-18-17-26-11-5-6-12-28(26)23-29/h1,3-6,9-18,23,30-31,38H,2,7-8,19-22H2,(H3,35,36)(H,37,40)/t30-,31+/m0/s1. The smallest absolute Gasteiger partial charge is 0.245 e. The Bertz CT molecular complexity index is 1740. The highest BCUT2D eigenvalue weighted by Gasteiger charge is 2.32. The number of hydrogen-bond donors (Lipinski definition) is 4. The van der Waals surface area contributed by atoms with Gasteiger partial charge in [0.25, 0.3) is 0 Å². The number of nitrogens with one attached hydrogen (secondary N) is 3. The minimum absolute atomic E-state index is 0.0496. The number of nitrogens with two attached hydrogens (primary N) is 1. The summed E-state index contributed by atoms with van der Waals surface area (Å²) in [5.41, 5.74) is 7.71. The fraction of sp³-hybridized carbons (Fsp3) is 0.265. The van der Waals surface area contributed by atoms with E-state index < -0.39 is 28.0 Å². The van der Waals surface area contributed by atoms with Gasteiger partial charge in [0.15, 0.2) is 0 Å². The Labute approximate surface area is 258 Å². The van der Waals surface area contributed by atoms with Crippen molar-refractivity contribution in [2.45, 2.75) is 49.1 Å². The summed E-state index contributed by atoms with van der Waals surface area (Å²) in [5.74, 6) is -0.855. The molecule has 0 radical (unpaired) electrons. The molecule has 5 N–H and O–H groups in total. The molecule has 1 fully saturated rings. The van der Waals surface area contributed by atoms with Gasteiger partial charge in [0.2, 0.25) is 21.8 Å². The number of piperidine rings is 1. The van der Waals surface area contributed by atoms with Gasteiger partial charge in [-0.2, -0.15) is 4.72 Å². The SMILES string of the molecule is N=C(N)c1ccc(C[C@@H](NC(=O)[C@H](Cc2ccccc2)NS(=O)(=O)c2ccc3ccccc3c2)C(=O)N2CCCCC2)cc1. The number of amidine groups is 1. The maximum Gasteiger partial charge on any atom is 0.245 e. The Kier molecular flexibility index (Phi) is 9.72. The second-order valence-corrected chi connectivity index (χ2v) is 12.8. The van der Waals surface area contributed by atoms with Crippen molar-refractivity contribution in [1.29, 1.82) is 5.41 Å². The summed E-state index contributed by atoms with van der Waals surface area (Å²) in [4.78, 5) is 29.5. The second-order valence-electron chi connectivity index (χ2n) is 11.1. The Balaban J connectivity index is 1.42. The topological polar surface area (TPSA) is 145 Å². The third-order valence-corrected chi connectivity index (χ3v) is 9.38. The van der Waals surface area contributed by atoms with Crippen LogP contribution in [-0.2, 0) is 32.5 Å². The van der Waals surface area contributed by atoms with Gasteiger partial charge in [0.1, 0.15) is 17.9 Å². The van der Waals surface area contributed by atoms with Crippen LogP contribution in [0.15, 0.2) is 102 Å². The predicted octanol–water partition coefficient (Wildman–Crippen LogP) is 3.75. The predicted molar refractivity (Wildman–Crippen MR) is 172 cm³/mol. The van der Waals surface area contributed by atoms with Crippen molar-refractivity contribution in [2.24, 2.45) is 5.73 Å². The minimum atomic E-state index is -4.10. The average Bonchev–Trinajstić information content (AvgIpc) is 3.04. The van der Waals surface area contributed by atoms with Crippen molar-refractivity contribution < 1.29 is 18.0 Å². The molecule has 0 aromatic heterocycles. The fourth-order valence-corrected chi connectivity index (χ4v) is 6.72. The zero-order chi connectivity index (χ0) is 31.1. The number of carbonyl (C=O) groups excluding carboxylic acids is 2. The number of hydrogen-bond acceptors (Lipinski definition) is 5. The summed E-state index contributed by atoms with van der Waals surface area (Å²) in [5, 5.41) is 12.2. The number of benzene rings is 4. The molecule has 1 saturated heterocycles. The molecule has 0 saturated carbocycles. The lowest BCUT2D eigenvalue weighted by Crippen LogP contribution is -2.56. The van der Waals surface area contributed by atoms with Gasteiger partial charge in [-0.25, -0.2) is 8.42 Å². The van der Waals surface area contributed by atoms with E-state index >= 15 is 0 Å². The van der Waals surface area contributed by atoms with Gasteiger partial charge in [-0.1, -0.05) is 84.9 Å². The first-order valence-corrected chi connectivity index (χ1v) is 16.3. The molecule has 1 heterocycles. The van der Waals surface area contributed by atoms with E-state index in [1.807, 2.05) is 54.6 Å². The van der Waals surface area contributed by atoms with E-state index in [-0.39, 0.29) is 29.5 Å². The molecule has 0 bridgehead atoms. The number of fused-ring (bicyclic) bond motifs is 1. The summed E-state index contributed by atoms with van der Waals surface area (Å²) in [6, 6.07) is 26.4. The van der Waals surface area contributed by atoms with Crippen molar-refractivity contribution in [3.63, 3.8) is 0 Å². The van der Waals surface area contributed by atoms with Crippen LogP contribution in [0.1, 0.15) is 36.0 Å². The molecular weight excluding hydrogens is 574 g/mol. The van der Waals surface area contributed by atoms with Crippen molar-refractivity contribution in [2.75, 3.05) is 13.1 Å². The van der Waals surface area contributed by atoms with Gasteiger partial charge in [-0.05, 0) is 59.7 Å². The zero-order valence-electron chi connectivity index (χ0n) is 24.4. The Morgan fingerprint density at radius 2 is 1.39 bits per heavy atom. The summed E-state index contributed by atoms with van der Waals surface area (Å²) < 4.78 is 29.9. The number of sulfonamides is 1. The molecule has 0 aliphatic carbocycles. The van der Waals surface area contributed by atoms with E-state index in [1.165, 1.54) is 6.07 Å². The summed E-state index contributed by atoms with van der Waals surface area (Å²) in [7, 11) is -4.10. The van der Waals surface area contributed by atoms with Crippen molar-refractivity contribution >= 4 is 38.4 Å². The number of amides is 2. The largest absolute Gasteiger partial charge is 0.384 e. The summed E-state index contributed by atoms with van der Waals surface area (Å²) in [6.45, 7) is 1.22. The maximum atomic E-state index is 13.9. The Hall–Kier alpha value is -4.54. The lowest BCUT2D eigenvalue weighted by atomic mass is 10.0. The highest BCUT2D eigenvalue weighted by atomic mass is 32.2. The third kappa shape index (κ3) is 7.69. The van der Waals surface area contributed by atoms with Gasteiger partial charge in [-0.15, -0.1) is 0 Å². The molecule has 44 heavy (non-hydrogen) atoms. The second kappa shape index (κ2) is 13.8. The van der Waals surface area contributed by atoms with Crippen LogP contribution in [0.25, 0.3) is 10.8 Å². The summed E-state index contributed by atoms with van der Waals surface area (Å²) >= 11 is 0. The van der Waals surface area contributed by atoms with Crippen molar-refractivity contribution in [3.8, 4) is 0 Å². The minimum Gasteiger partial charge on any atom is -0.384 e. The first kappa shape index (κ1) is 30.9. The van der Waals surface area contributed by atoms with Gasteiger partial charge < -0.3 is 16.0 Å². The molecule has 5 rings (SSSR count). The van der Waals surface area contributed by atoms with Gasteiger partial charge in [0.05, 0.1) is 4.90 Å². The number of carbonyl (C=O) groups is 2. The van der Waals surface area contributed by atoms with Crippen molar-refractivity contribution in [3.05, 3.63) is 114 Å². The van der Waals surface area contributed by atoms with E-state index in [2.05, 4.69) is 10.0 Å². The van der Waals surface area contributed by atoms with Crippen LogP contribution >= 0.6 is 0 Å². The van der Waals surface area contributed by atoms with E-state index in [4.69, 9.17) is 11.1 Å². The van der Waals surface area contributed by atoms with Crippen LogP contribution in [0, 0.1) is 5.41 Å². The molecule has 10 heteroatoms. The monoisotopic (exact) mass is 611 g/mol. The van der Waals surface area contributed by atoms with Crippen LogP contribution in [0.3, 0.4) is 0 Å². The van der Waals surface area contributed by atoms with E-state index in [0.29, 0.717) is 18.7 Å². The number of nitrogen functional groups attached to an aromatic ring is 1. The maximum absolute atomic E-state index is 13.9. The first-order chi connectivity index (χ1) is 21.2. The third-order valence-electron chi connectivity index (χ3n) is 7.91. The number of rotatable bonds is 11. The normalized spacial score (nSPS) is 15.0. The number of nitrogens with zero attached hydrogens (tertiary/aromatic N) is 1. The Morgan fingerprint density at radius 3 is 2.07 bits per heavy atom. The fourth-order valence-electron chi connectivity index (χ4n) is 5.49. The van der Waals surface area contributed by atoms with Crippen LogP contribution in [-0.4, -0.2) is 56.1 Å². The van der Waals surface area contributed by atoms with Gasteiger partial charge in [0, 0.05) is 25.1 Å². The molecular formula is C34H37N5O4S. The molecule has 1 aliphatic rings.